The summed E-state index contributed by atoms with van der Waals surface area (Å²) < 4.78 is 5.52. The van der Waals surface area contributed by atoms with Crippen LogP contribution in [0.4, 0.5) is 5.82 Å². The van der Waals surface area contributed by atoms with E-state index in [1.807, 2.05) is 19.9 Å². The van der Waals surface area contributed by atoms with Crippen molar-refractivity contribution in [2.45, 2.75) is 32.4 Å². The Balaban J connectivity index is 1.89. The average Bonchev–Trinajstić information content (AvgIpc) is 2.80. The number of aromatic nitrogens is 2. The molecule has 5 nitrogen and oxygen atoms in total. The number of rotatable bonds is 4. The number of fused-ring (bicyclic) bond motifs is 1. The summed E-state index contributed by atoms with van der Waals surface area (Å²) in [6, 6.07) is 8.48. The molecule has 0 spiro atoms. The molecule has 2 atom stereocenters. The molecule has 5 heteroatoms. The van der Waals surface area contributed by atoms with E-state index < -0.39 is 0 Å². The number of hydrogen-bond donors (Lipinski definition) is 2. The number of nitrogens with two attached hydrogens (primary N) is 1. The van der Waals surface area contributed by atoms with E-state index in [4.69, 9.17) is 10.5 Å². The van der Waals surface area contributed by atoms with Crippen LogP contribution in [0.15, 0.2) is 30.6 Å². The van der Waals surface area contributed by atoms with Crippen LogP contribution in [0.3, 0.4) is 0 Å². The van der Waals surface area contributed by atoms with Gasteiger partial charge in [0, 0.05) is 6.04 Å². The van der Waals surface area contributed by atoms with E-state index in [0.717, 1.165) is 17.8 Å². The summed E-state index contributed by atoms with van der Waals surface area (Å²) in [6.45, 7) is 4.49. The second-order valence-electron chi connectivity index (χ2n) is 5.27. The predicted octanol–water partition coefficient (Wildman–Crippen LogP) is 2.22. The maximum atomic E-state index is 6.29. The molecule has 0 radical (unpaired) electrons. The zero-order valence-corrected chi connectivity index (χ0v) is 12.3. The molecule has 21 heavy (non-hydrogen) atoms. The molecule has 1 aliphatic carbocycles. The molecule has 1 heterocycles. The molecule has 0 amide bonds. The first-order valence-corrected chi connectivity index (χ1v) is 7.25. The Morgan fingerprint density at radius 3 is 2.95 bits per heavy atom. The first-order valence-electron chi connectivity index (χ1n) is 7.25. The highest BCUT2D eigenvalue weighted by Crippen LogP contribution is 2.34. The lowest BCUT2D eigenvalue weighted by Crippen LogP contribution is -2.30. The van der Waals surface area contributed by atoms with E-state index in [1.54, 1.807) is 0 Å². The Hall–Kier alpha value is -2.14. The van der Waals surface area contributed by atoms with Gasteiger partial charge in [0.15, 0.2) is 0 Å². The van der Waals surface area contributed by atoms with Gasteiger partial charge in [-0.15, -0.1) is 0 Å². The van der Waals surface area contributed by atoms with Crippen LogP contribution in [0.2, 0.25) is 0 Å². The summed E-state index contributed by atoms with van der Waals surface area (Å²) in [4.78, 5) is 8.50. The van der Waals surface area contributed by atoms with Crippen molar-refractivity contribution in [1.82, 2.24) is 9.97 Å². The summed E-state index contributed by atoms with van der Waals surface area (Å²) in [5.41, 5.74) is 9.76. The molecule has 2 unspecified atom stereocenters. The summed E-state index contributed by atoms with van der Waals surface area (Å²) in [5, 5.41) is 3.46. The fraction of sp³-hybridized carbons (Fsp3) is 0.375. The fourth-order valence-electron chi connectivity index (χ4n) is 2.82. The lowest BCUT2D eigenvalue weighted by molar-refractivity contribution is 0.323. The van der Waals surface area contributed by atoms with Gasteiger partial charge in [-0.25, -0.2) is 9.97 Å². The van der Waals surface area contributed by atoms with Gasteiger partial charge in [-0.05, 0) is 31.4 Å². The first kappa shape index (κ1) is 13.8. The fourth-order valence-corrected chi connectivity index (χ4v) is 2.82. The van der Waals surface area contributed by atoms with E-state index in [1.165, 1.54) is 17.5 Å². The number of nitrogens with zero attached hydrogens (tertiary/aromatic N) is 2. The highest BCUT2D eigenvalue weighted by atomic mass is 16.5. The SMILES string of the molecule is CCOc1ncnc(NC2c3ccccc3CC2N)c1C. The molecule has 110 valence electrons. The minimum Gasteiger partial charge on any atom is -0.478 e. The van der Waals surface area contributed by atoms with Gasteiger partial charge in [-0.1, -0.05) is 24.3 Å². The maximum absolute atomic E-state index is 6.29. The summed E-state index contributed by atoms with van der Waals surface area (Å²) >= 11 is 0. The van der Waals surface area contributed by atoms with Crippen molar-refractivity contribution in [2.75, 3.05) is 11.9 Å². The van der Waals surface area contributed by atoms with Crippen molar-refractivity contribution in [3.05, 3.63) is 47.3 Å². The Kier molecular flexibility index (Phi) is 3.75. The molecule has 1 aromatic carbocycles. The van der Waals surface area contributed by atoms with Gasteiger partial charge < -0.3 is 15.8 Å². The zero-order valence-electron chi connectivity index (χ0n) is 12.3. The molecule has 3 N–H and O–H groups in total. The van der Waals surface area contributed by atoms with Crippen LogP contribution in [0.1, 0.15) is 29.7 Å². The molecule has 0 saturated carbocycles. The van der Waals surface area contributed by atoms with Crippen molar-refractivity contribution in [1.29, 1.82) is 0 Å². The number of anilines is 1. The second-order valence-corrected chi connectivity index (χ2v) is 5.27. The van der Waals surface area contributed by atoms with Crippen molar-refractivity contribution in [2.24, 2.45) is 5.73 Å². The molecule has 0 fully saturated rings. The highest BCUT2D eigenvalue weighted by Gasteiger charge is 2.30. The summed E-state index contributed by atoms with van der Waals surface area (Å²) in [6.07, 6.45) is 2.41. The van der Waals surface area contributed by atoms with Gasteiger partial charge in [0.25, 0.3) is 0 Å². The molecule has 0 bridgehead atoms. The van der Waals surface area contributed by atoms with Gasteiger partial charge in [0.2, 0.25) is 5.88 Å². The van der Waals surface area contributed by atoms with Gasteiger partial charge in [0.1, 0.15) is 12.1 Å². The third-order valence-corrected chi connectivity index (χ3v) is 3.89. The third-order valence-electron chi connectivity index (χ3n) is 3.89. The monoisotopic (exact) mass is 284 g/mol. The highest BCUT2D eigenvalue weighted by molar-refractivity contribution is 5.52. The molecule has 3 rings (SSSR count). The molecule has 0 saturated heterocycles. The van der Waals surface area contributed by atoms with Crippen molar-refractivity contribution in [3.63, 3.8) is 0 Å². The molecule has 2 aromatic rings. The van der Waals surface area contributed by atoms with Crippen LogP contribution in [0.5, 0.6) is 5.88 Å². The van der Waals surface area contributed by atoms with Crippen LogP contribution in [-0.4, -0.2) is 22.6 Å². The zero-order chi connectivity index (χ0) is 14.8. The van der Waals surface area contributed by atoms with Crippen LogP contribution >= 0.6 is 0 Å². The van der Waals surface area contributed by atoms with Gasteiger partial charge >= 0.3 is 0 Å². The van der Waals surface area contributed by atoms with Crippen molar-refractivity contribution >= 4 is 5.82 Å². The molecular weight excluding hydrogens is 264 g/mol. The maximum Gasteiger partial charge on any atom is 0.221 e. The standard InChI is InChI=1S/C16H20N4O/c1-3-21-16-10(2)15(18-9-19-16)20-14-12-7-5-4-6-11(12)8-13(14)17/h4-7,9,13-14H,3,8,17H2,1-2H3,(H,18,19,20). The smallest absolute Gasteiger partial charge is 0.221 e. The van der Waals surface area contributed by atoms with Crippen LogP contribution in [0.25, 0.3) is 0 Å². The van der Waals surface area contributed by atoms with Crippen LogP contribution in [0, 0.1) is 6.92 Å². The minimum absolute atomic E-state index is 0.0484. The molecule has 0 aliphatic heterocycles. The van der Waals surface area contributed by atoms with Gasteiger partial charge in [0.05, 0.1) is 18.2 Å². The summed E-state index contributed by atoms with van der Waals surface area (Å²) in [7, 11) is 0. The number of hydrogen-bond acceptors (Lipinski definition) is 5. The Morgan fingerprint density at radius 2 is 2.14 bits per heavy atom. The quantitative estimate of drug-likeness (QED) is 0.900. The number of nitrogens with one attached hydrogen (secondary N) is 1. The van der Waals surface area contributed by atoms with Gasteiger partial charge in [-0.2, -0.15) is 0 Å². The molecular formula is C16H20N4O. The van der Waals surface area contributed by atoms with Crippen LogP contribution < -0.4 is 15.8 Å². The van der Waals surface area contributed by atoms with E-state index in [9.17, 15) is 0 Å². The van der Waals surface area contributed by atoms with Crippen LogP contribution in [-0.2, 0) is 6.42 Å². The molecule has 1 aliphatic rings. The van der Waals surface area contributed by atoms with E-state index in [-0.39, 0.29) is 12.1 Å². The largest absolute Gasteiger partial charge is 0.478 e. The predicted molar refractivity (Wildman–Crippen MR) is 82.4 cm³/mol. The topological polar surface area (TPSA) is 73.1 Å². The molecule has 1 aromatic heterocycles. The Bertz CT molecular complexity index is 644. The van der Waals surface area contributed by atoms with Crippen molar-refractivity contribution < 1.29 is 4.74 Å². The third kappa shape index (κ3) is 2.56. The number of ether oxygens (including phenoxy) is 1. The normalized spacial score (nSPS) is 20.1. The average molecular weight is 284 g/mol. The lowest BCUT2D eigenvalue weighted by atomic mass is 10.1. The number of benzene rings is 1. The van der Waals surface area contributed by atoms with Gasteiger partial charge in [-0.3, -0.25) is 0 Å². The Morgan fingerprint density at radius 1 is 1.33 bits per heavy atom. The van der Waals surface area contributed by atoms with Crippen molar-refractivity contribution in [3.8, 4) is 5.88 Å². The lowest BCUT2D eigenvalue weighted by Gasteiger charge is -2.21. The van der Waals surface area contributed by atoms with E-state index in [2.05, 4.69) is 33.5 Å². The summed E-state index contributed by atoms with van der Waals surface area (Å²) in [5.74, 6) is 1.40. The second kappa shape index (κ2) is 5.69. The Labute approximate surface area is 124 Å². The first-order chi connectivity index (χ1) is 10.2. The van der Waals surface area contributed by atoms with E-state index in [0.29, 0.717) is 12.5 Å². The van der Waals surface area contributed by atoms with E-state index >= 15 is 0 Å². The minimum atomic E-state index is 0.0484.